The maximum absolute atomic E-state index is 4.45. The zero-order chi connectivity index (χ0) is 16.7. The molecule has 23 heavy (non-hydrogen) atoms. The molecular formula is C18H22S5. The highest BCUT2D eigenvalue weighted by Crippen LogP contribution is 2.44. The first-order chi connectivity index (χ1) is 11.1. The van der Waals surface area contributed by atoms with Crippen molar-refractivity contribution in [1.29, 1.82) is 0 Å². The van der Waals surface area contributed by atoms with Crippen molar-refractivity contribution >= 4 is 62.3 Å². The van der Waals surface area contributed by atoms with Gasteiger partial charge >= 0.3 is 0 Å². The second-order valence-corrected chi connectivity index (χ2v) is 8.66. The molecule has 0 aliphatic heterocycles. The van der Waals surface area contributed by atoms with Gasteiger partial charge in [-0.25, -0.2) is 0 Å². The van der Waals surface area contributed by atoms with Crippen LogP contribution in [0.5, 0.6) is 0 Å². The van der Waals surface area contributed by atoms with Crippen LogP contribution in [0.1, 0.15) is 34.5 Å². The van der Waals surface area contributed by atoms with Crippen molar-refractivity contribution in [3.8, 4) is 0 Å². The summed E-state index contributed by atoms with van der Waals surface area (Å²) in [5.74, 6) is 1.76. The molecule has 0 heterocycles. The highest BCUT2D eigenvalue weighted by atomic mass is 32.2. The Kier molecular flexibility index (Phi) is 8.69. The van der Waals surface area contributed by atoms with Crippen molar-refractivity contribution in [2.75, 3.05) is 11.5 Å². The fourth-order valence-corrected chi connectivity index (χ4v) is 5.13. The molecule has 0 spiro atoms. The van der Waals surface area contributed by atoms with Crippen LogP contribution in [0.3, 0.4) is 0 Å². The lowest BCUT2D eigenvalue weighted by Gasteiger charge is -2.24. The summed E-state index contributed by atoms with van der Waals surface area (Å²) >= 11 is 19.7. The van der Waals surface area contributed by atoms with Crippen LogP contribution >= 0.6 is 62.3 Å². The van der Waals surface area contributed by atoms with Gasteiger partial charge in [-0.2, -0.15) is 25.3 Å². The normalized spacial score (nSPS) is 13.7. The zero-order valence-corrected chi connectivity index (χ0v) is 17.2. The van der Waals surface area contributed by atoms with E-state index in [9.17, 15) is 0 Å². The van der Waals surface area contributed by atoms with E-state index < -0.39 is 0 Å². The average molecular weight is 399 g/mol. The first kappa shape index (κ1) is 19.5. The first-order valence-electron chi connectivity index (χ1n) is 7.59. The summed E-state index contributed by atoms with van der Waals surface area (Å²) in [4.78, 5) is 2.00. The summed E-state index contributed by atoms with van der Waals surface area (Å²) in [6.45, 7) is 0. The van der Waals surface area contributed by atoms with Crippen LogP contribution < -0.4 is 0 Å². The number of thioether (sulfide) groups is 1. The Morgan fingerprint density at radius 2 is 1.00 bits per heavy atom. The molecule has 124 valence electrons. The standard InChI is InChI=1S/C18H22S5/c19-11-9-17(13-1-5-15(21)6-2-13)23-18(10-12-20)14-3-7-16(22)8-4-14/h1-8,17-22H,9-12H2. The van der Waals surface area contributed by atoms with E-state index in [1.807, 2.05) is 11.8 Å². The Labute approximate surface area is 165 Å². The van der Waals surface area contributed by atoms with Crippen molar-refractivity contribution in [1.82, 2.24) is 0 Å². The van der Waals surface area contributed by atoms with Crippen LogP contribution in [-0.4, -0.2) is 11.5 Å². The molecule has 5 heteroatoms. The molecule has 0 nitrogen and oxygen atoms in total. The van der Waals surface area contributed by atoms with Gasteiger partial charge in [-0.1, -0.05) is 24.3 Å². The highest BCUT2D eigenvalue weighted by Gasteiger charge is 2.19. The second-order valence-electron chi connectivity index (χ2n) is 5.32. The van der Waals surface area contributed by atoms with Crippen molar-refractivity contribution in [2.24, 2.45) is 0 Å². The molecular weight excluding hydrogens is 377 g/mol. The largest absolute Gasteiger partial charge is 0.179 e. The quantitative estimate of drug-likeness (QED) is 0.372. The van der Waals surface area contributed by atoms with Crippen molar-refractivity contribution in [3.05, 3.63) is 59.7 Å². The molecule has 0 aliphatic rings. The van der Waals surface area contributed by atoms with Gasteiger partial charge in [0.25, 0.3) is 0 Å². The van der Waals surface area contributed by atoms with E-state index in [1.165, 1.54) is 11.1 Å². The molecule has 2 aromatic rings. The smallest absolute Gasteiger partial charge is 0.0311 e. The van der Waals surface area contributed by atoms with E-state index in [-0.39, 0.29) is 0 Å². The average Bonchev–Trinajstić information content (AvgIpc) is 2.55. The third kappa shape index (κ3) is 6.20. The minimum absolute atomic E-state index is 0.432. The highest BCUT2D eigenvalue weighted by molar-refractivity contribution is 7.99. The fraction of sp³-hybridized carbons (Fsp3) is 0.333. The summed E-state index contributed by atoms with van der Waals surface area (Å²) in [6, 6.07) is 17.0. The lowest BCUT2D eigenvalue weighted by Crippen LogP contribution is -2.02. The predicted molar refractivity (Wildman–Crippen MR) is 117 cm³/mol. The molecule has 2 aromatic carbocycles. The summed E-state index contributed by atoms with van der Waals surface area (Å²) in [5.41, 5.74) is 2.69. The number of hydrogen-bond acceptors (Lipinski definition) is 5. The molecule has 0 bridgehead atoms. The van der Waals surface area contributed by atoms with Gasteiger partial charge in [-0.3, -0.25) is 0 Å². The Morgan fingerprint density at radius 1 is 0.652 bits per heavy atom. The number of rotatable bonds is 8. The lowest BCUT2D eigenvalue weighted by atomic mass is 10.1. The van der Waals surface area contributed by atoms with Gasteiger partial charge in [0.1, 0.15) is 0 Å². The van der Waals surface area contributed by atoms with E-state index >= 15 is 0 Å². The van der Waals surface area contributed by atoms with E-state index in [2.05, 4.69) is 99.0 Å². The van der Waals surface area contributed by atoms with Crippen molar-refractivity contribution in [3.63, 3.8) is 0 Å². The molecule has 0 aliphatic carbocycles. The summed E-state index contributed by atoms with van der Waals surface area (Å²) in [5, 5.41) is 0.865. The van der Waals surface area contributed by atoms with E-state index in [0.29, 0.717) is 10.5 Å². The van der Waals surface area contributed by atoms with Gasteiger partial charge in [-0.15, -0.1) is 37.0 Å². The minimum atomic E-state index is 0.432. The monoisotopic (exact) mass is 398 g/mol. The van der Waals surface area contributed by atoms with Crippen LogP contribution in [0, 0.1) is 0 Å². The predicted octanol–water partition coefficient (Wildman–Crippen LogP) is 6.42. The number of benzene rings is 2. The molecule has 0 N–H and O–H groups in total. The summed E-state index contributed by atoms with van der Waals surface area (Å²) in [7, 11) is 0. The van der Waals surface area contributed by atoms with Gasteiger partial charge in [-0.05, 0) is 59.7 Å². The molecule has 2 unspecified atom stereocenters. The van der Waals surface area contributed by atoms with E-state index in [1.54, 1.807) is 0 Å². The molecule has 0 aromatic heterocycles. The Hall–Kier alpha value is 0.190. The molecule has 2 rings (SSSR count). The summed E-state index contributed by atoms with van der Waals surface area (Å²) < 4.78 is 0. The zero-order valence-electron chi connectivity index (χ0n) is 12.8. The van der Waals surface area contributed by atoms with Gasteiger partial charge in [0.15, 0.2) is 0 Å². The molecule has 0 saturated heterocycles. The third-order valence-electron chi connectivity index (χ3n) is 3.64. The van der Waals surface area contributed by atoms with Gasteiger partial charge in [0.2, 0.25) is 0 Å². The minimum Gasteiger partial charge on any atom is -0.179 e. The lowest BCUT2D eigenvalue weighted by molar-refractivity contribution is 0.858. The maximum Gasteiger partial charge on any atom is 0.0311 e. The summed E-state index contributed by atoms with van der Waals surface area (Å²) in [6.07, 6.45) is 2.10. The molecule has 2 atom stereocenters. The van der Waals surface area contributed by atoms with Crippen LogP contribution in [0.4, 0.5) is 0 Å². The number of thiol groups is 4. The maximum atomic E-state index is 4.45. The van der Waals surface area contributed by atoms with E-state index in [0.717, 1.165) is 34.1 Å². The fourth-order valence-electron chi connectivity index (χ4n) is 2.44. The molecule has 0 radical (unpaired) electrons. The molecule has 0 fully saturated rings. The third-order valence-corrected chi connectivity index (χ3v) is 6.43. The Balaban J connectivity index is 2.19. The van der Waals surface area contributed by atoms with E-state index in [4.69, 9.17) is 0 Å². The van der Waals surface area contributed by atoms with Crippen molar-refractivity contribution < 1.29 is 0 Å². The van der Waals surface area contributed by atoms with Crippen LogP contribution in [0.25, 0.3) is 0 Å². The first-order valence-corrected chi connectivity index (χ1v) is 10.7. The van der Waals surface area contributed by atoms with Crippen LogP contribution in [0.2, 0.25) is 0 Å². The molecule has 0 saturated carbocycles. The van der Waals surface area contributed by atoms with Gasteiger partial charge < -0.3 is 0 Å². The van der Waals surface area contributed by atoms with Gasteiger partial charge in [0.05, 0.1) is 0 Å². The second kappa shape index (κ2) is 10.2. The van der Waals surface area contributed by atoms with Gasteiger partial charge in [0, 0.05) is 20.3 Å². The van der Waals surface area contributed by atoms with Crippen LogP contribution in [-0.2, 0) is 0 Å². The molecule has 0 amide bonds. The Bertz CT molecular complexity index is 526. The number of hydrogen-bond donors (Lipinski definition) is 4. The topological polar surface area (TPSA) is 0 Å². The Morgan fingerprint density at radius 3 is 1.30 bits per heavy atom. The van der Waals surface area contributed by atoms with Crippen LogP contribution in [0.15, 0.2) is 58.3 Å². The SMILES string of the molecule is SCCC(SC(CCS)c1ccc(S)cc1)c1ccc(S)cc1. The van der Waals surface area contributed by atoms with Crippen molar-refractivity contribution in [2.45, 2.75) is 33.1 Å².